The molecule has 2 unspecified atom stereocenters. The van der Waals surface area contributed by atoms with Crippen LogP contribution in [-0.2, 0) is 28.4 Å². The van der Waals surface area contributed by atoms with Crippen molar-refractivity contribution in [2.24, 2.45) is 0 Å². The summed E-state index contributed by atoms with van der Waals surface area (Å²) in [6, 6.07) is 0. The minimum Gasteiger partial charge on any atom is -0.387 e. The quantitative estimate of drug-likeness (QED) is 0.404. The minimum absolute atomic E-state index is 0.314. The van der Waals surface area contributed by atoms with E-state index in [1.807, 2.05) is 20.8 Å². The SMILES string of the molecule is C=CC[C@]1(C)OC(O)[C@@H]2OC(C)(C)O[C@@H]2[C@H]1OC.C=CC[C@]1(C)OC(O)[C@H](O)[C@H](O)[C@H]1OC. The van der Waals surface area contributed by atoms with Crippen molar-refractivity contribution in [3.8, 4) is 0 Å². The van der Waals surface area contributed by atoms with Gasteiger partial charge in [-0.3, -0.25) is 0 Å². The molecule has 4 N–H and O–H groups in total. The van der Waals surface area contributed by atoms with E-state index < -0.39 is 54.0 Å². The average Bonchev–Trinajstić information content (AvgIpc) is 3.03. The van der Waals surface area contributed by atoms with Gasteiger partial charge in [0, 0.05) is 14.2 Å². The lowest BCUT2D eigenvalue weighted by atomic mass is 9.85. The summed E-state index contributed by atoms with van der Waals surface area (Å²) in [6.07, 6.45) is -2.51. The van der Waals surface area contributed by atoms with Crippen molar-refractivity contribution in [2.75, 3.05) is 14.2 Å². The molecule has 0 aromatic heterocycles. The van der Waals surface area contributed by atoms with Gasteiger partial charge in [-0.15, -0.1) is 13.2 Å². The molecule has 3 fully saturated rings. The molecule has 0 amide bonds. The smallest absolute Gasteiger partial charge is 0.184 e. The molecule has 10 atom stereocenters. The highest BCUT2D eigenvalue weighted by Crippen LogP contribution is 2.43. The molecule has 192 valence electrons. The molecule has 33 heavy (non-hydrogen) atoms. The van der Waals surface area contributed by atoms with Crippen LogP contribution in [0.4, 0.5) is 0 Å². The summed E-state index contributed by atoms with van der Waals surface area (Å²) >= 11 is 0. The third-order valence-corrected chi connectivity index (χ3v) is 6.29. The predicted molar refractivity (Wildman–Crippen MR) is 118 cm³/mol. The highest BCUT2D eigenvalue weighted by atomic mass is 16.8. The Morgan fingerprint density at radius 3 is 1.64 bits per heavy atom. The Morgan fingerprint density at radius 1 is 0.697 bits per heavy atom. The molecule has 0 saturated carbocycles. The standard InChI is InChI=1S/C13H22O5.C10H18O5/c1-6-7-13(4)10(15-5)8-9(11(14)18-13)17-12(2,3)16-8;1-4-5-10(2)8(14-3)6(11)7(12)9(13)15-10/h6,8-11,14H,1,7H2,2-5H3;4,6-9,11-13H,1,5H2,2-3H3/t8-,9+,10+,11?,13-;6-,7+,8+,9?,10-/m00/s1. The van der Waals surface area contributed by atoms with Gasteiger partial charge in [-0.2, -0.15) is 0 Å². The van der Waals surface area contributed by atoms with Crippen molar-refractivity contribution in [3.63, 3.8) is 0 Å². The zero-order chi connectivity index (χ0) is 25.2. The van der Waals surface area contributed by atoms with Crippen molar-refractivity contribution in [1.82, 2.24) is 0 Å². The average molecular weight is 477 g/mol. The maximum atomic E-state index is 10.1. The Balaban J connectivity index is 0.000000238. The van der Waals surface area contributed by atoms with Crippen LogP contribution in [0.2, 0.25) is 0 Å². The molecule has 0 radical (unpaired) electrons. The van der Waals surface area contributed by atoms with Crippen LogP contribution in [0.5, 0.6) is 0 Å². The third kappa shape index (κ3) is 5.84. The summed E-state index contributed by atoms with van der Waals surface area (Å²) in [5.41, 5.74) is -1.55. The van der Waals surface area contributed by atoms with Crippen molar-refractivity contribution in [1.29, 1.82) is 0 Å². The zero-order valence-corrected chi connectivity index (χ0v) is 20.3. The fourth-order valence-corrected chi connectivity index (χ4v) is 4.82. The van der Waals surface area contributed by atoms with Gasteiger partial charge in [0.25, 0.3) is 0 Å². The van der Waals surface area contributed by atoms with E-state index in [1.165, 1.54) is 7.11 Å². The summed E-state index contributed by atoms with van der Waals surface area (Å²) in [4.78, 5) is 0. The monoisotopic (exact) mass is 476 g/mol. The van der Waals surface area contributed by atoms with E-state index in [4.69, 9.17) is 28.4 Å². The minimum atomic E-state index is -1.41. The van der Waals surface area contributed by atoms with E-state index in [-0.39, 0.29) is 12.2 Å². The molecule has 0 spiro atoms. The first kappa shape index (κ1) is 28.3. The molecule has 3 rings (SSSR count). The van der Waals surface area contributed by atoms with Crippen molar-refractivity contribution in [2.45, 2.75) is 107 Å². The van der Waals surface area contributed by atoms with Crippen molar-refractivity contribution >= 4 is 0 Å². The van der Waals surface area contributed by atoms with E-state index in [1.54, 1.807) is 26.2 Å². The molecular formula is C23H40O10. The highest BCUT2D eigenvalue weighted by Gasteiger charge is 2.59. The van der Waals surface area contributed by atoms with Crippen LogP contribution in [0, 0.1) is 0 Å². The van der Waals surface area contributed by atoms with Crippen molar-refractivity contribution < 1.29 is 48.8 Å². The van der Waals surface area contributed by atoms with Gasteiger partial charge in [-0.25, -0.2) is 0 Å². The molecular weight excluding hydrogens is 436 g/mol. The second-order valence-electron chi connectivity index (χ2n) is 9.49. The molecule has 3 aliphatic heterocycles. The van der Waals surface area contributed by atoms with Gasteiger partial charge in [0.2, 0.25) is 0 Å². The summed E-state index contributed by atoms with van der Waals surface area (Å²) in [7, 11) is 3.03. The van der Waals surface area contributed by atoms with Gasteiger partial charge >= 0.3 is 0 Å². The van der Waals surface area contributed by atoms with Crippen LogP contribution in [0.3, 0.4) is 0 Å². The van der Waals surface area contributed by atoms with Crippen LogP contribution in [-0.4, -0.2) is 101 Å². The lowest BCUT2D eigenvalue weighted by molar-refractivity contribution is -0.318. The van der Waals surface area contributed by atoms with Gasteiger partial charge in [0.1, 0.15) is 47.8 Å². The lowest BCUT2D eigenvalue weighted by Gasteiger charge is -2.46. The normalized spacial score (nSPS) is 46.6. The largest absolute Gasteiger partial charge is 0.387 e. The predicted octanol–water partition coefficient (Wildman–Crippen LogP) is 0.612. The third-order valence-electron chi connectivity index (χ3n) is 6.29. The topological polar surface area (TPSA) is 136 Å². The fourth-order valence-electron chi connectivity index (χ4n) is 4.82. The fraction of sp³-hybridized carbons (Fsp3) is 0.826. The summed E-state index contributed by atoms with van der Waals surface area (Å²) in [5.74, 6) is -0.740. The first-order chi connectivity index (χ1) is 15.3. The second-order valence-corrected chi connectivity index (χ2v) is 9.49. The number of hydrogen-bond donors (Lipinski definition) is 4. The molecule has 10 nitrogen and oxygen atoms in total. The summed E-state index contributed by atoms with van der Waals surface area (Å²) in [5, 5.41) is 38.6. The Labute approximate surface area is 195 Å². The van der Waals surface area contributed by atoms with Gasteiger partial charge in [-0.1, -0.05) is 12.2 Å². The molecule has 0 aliphatic carbocycles. The zero-order valence-electron chi connectivity index (χ0n) is 20.3. The molecule has 3 aliphatic rings. The van der Waals surface area contributed by atoms with Gasteiger partial charge < -0.3 is 48.8 Å². The maximum Gasteiger partial charge on any atom is 0.184 e. The Hall–Kier alpha value is -0.920. The number of ether oxygens (including phenoxy) is 6. The molecule has 3 saturated heterocycles. The van der Waals surface area contributed by atoms with Crippen LogP contribution in [0.25, 0.3) is 0 Å². The number of fused-ring (bicyclic) bond motifs is 1. The van der Waals surface area contributed by atoms with Crippen LogP contribution in [0.15, 0.2) is 25.3 Å². The van der Waals surface area contributed by atoms with Crippen molar-refractivity contribution in [3.05, 3.63) is 25.3 Å². The number of hydrogen-bond acceptors (Lipinski definition) is 10. The lowest BCUT2D eigenvalue weighted by Crippen LogP contribution is -2.63. The maximum absolute atomic E-state index is 10.1. The Morgan fingerprint density at radius 2 is 1.15 bits per heavy atom. The number of aliphatic hydroxyl groups excluding tert-OH is 4. The number of methoxy groups -OCH3 is 2. The van der Waals surface area contributed by atoms with Crippen LogP contribution in [0.1, 0.15) is 40.5 Å². The molecule has 0 aromatic carbocycles. The van der Waals surface area contributed by atoms with Crippen LogP contribution < -0.4 is 0 Å². The van der Waals surface area contributed by atoms with Crippen LogP contribution >= 0.6 is 0 Å². The molecule has 0 aromatic rings. The van der Waals surface area contributed by atoms with E-state index in [0.717, 1.165) is 0 Å². The highest BCUT2D eigenvalue weighted by molar-refractivity contribution is 5.05. The summed E-state index contributed by atoms with van der Waals surface area (Å²) in [6.45, 7) is 14.5. The van der Waals surface area contributed by atoms with E-state index in [0.29, 0.717) is 12.8 Å². The van der Waals surface area contributed by atoms with Gasteiger partial charge in [0.15, 0.2) is 18.4 Å². The van der Waals surface area contributed by atoms with Gasteiger partial charge in [-0.05, 0) is 40.5 Å². The van der Waals surface area contributed by atoms with Gasteiger partial charge in [0.05, 0.1) is 0 Å². The van der Waals surface area contributed by atoms with E-state index >= 15 is 0 Å². The summed E-state index contributed by atoms with van der Waals surface area (Å²) < 4.78 is 33.1. The van der Waals surface area contributed by atoms with E-state index in [9.17, 15) is 20.4 Å². The molecule has 0 bridgehead atoms. The first-order valence-electron chi connectivity index (χ1n) is 11.0. The number of rotatable bonds is 6. The first-order valence-corrected chi connectivity index (χ1v) is 11.0. The molecule has 10 heteroatoms. The molecule has 3 heterocycles. The van der Waals surface area contributed by atoms with E-state index in [2.05, 4.69) is 13.2 Å². The number of aliphatic hydroxyl groups is 4. The Kier molecular flexibility index (Phi) is 9.25. The Bertz CT molecular complexity index is 672. The second kappa shape index (κ2) is 10.8.